The molecule has 0 radical (unpaired) electrons. The average molecular weight is 226 g/mol. The molecule has 0 aliphatic rings. The minimum absolute atomic E-state index is 0.139. The Labute approximate surface area is 97.2 Å². The molecule has 5 heteroatoms. The maximum absolute atomic E-state index is 11.3. The molecule has 0 unspecified atom stereocenters. The van der Waals surface area contributed by atoms with E-state index in [1.165, 1.54) is 12.8 Å². The Kier molecular flexibility index (Phi) is 10.9. The van der Waals surface area contributed by atoms with E-state index in [1.807, 2.05) is 0 Å². The van der Waals surface area contributed by atoms with E-state index in [-0.39, 0.29) is 5.91 Å². The molecule has 0 aromatic carbocycles. The van der Waals surface area contributed by atoms with E-state index in [4.69, 9.17) is 5.53 Å². The molecule has 0 saturated carbocycles. The van der Waals surface area contributed by atoms with Gasteiger partial charge in [-0.15, -0.1) is 0 Å². The zero-order valence-corrected chi connectivity index (χ0v) is 10.1. The predicted octanol–water partition coefficient (Wildman–Crippen LogP) is 3.16. The SMILES string of the molecule is CCCCCCC(=O)NCCCCN=[N+]=[N-]. The standard InChI is InChI=1S/C11H22N4O/c1-2-3-4-5-8-11(16)13-9-6-7-10-14-15-12/h2-10H2,1H3,(H,13,16). The number of azide groups is 1. The molecule has 0 aromatic heterocycles. The van der Waals surface area contributed by atoms with Crippen LogP contribution in [0.5, 0.6) is 0 Å². The third-order valence-corrected chi connectivity index (χ3v) is 2.33. The van der Waals surface area contributed by atoms with E-state index in [0.717, 1.165) is 25.7 Å². The largest absolute Gasteiger partial charge is 0.356 e. The molecule has 0 saturated heterocycles. The molecule has 5 nitrogen and oxygen atoms in total. The topological polar surface area (TPSA) is 77.9 Å². The first-order valence-corrected chi connectivity index (χ1v) is 6.08. The number of nitrogens with one attached hydrogen (secondary N) is 1. The van der Waals surface area contributed by atoms with Crippen molar-refractivity contribution in [2.45, 2.75) is 51.9 Å². The van der Waals surface area contributed by atoms with Crippen molar-refractivity contribution in [3.63, 3.8) is 0 Å². The quantitative estimate of drug-likeness (QED) is 0.264. The van der Waals surface area contributed by atoms with Crippen LogP contribution < -0.4 is 5.32 Å². The molecule has 16 heavy (non-hydrogen) atoms. The van der Waals surface area contributed by atoms with E-state index in [9.17, 15) is 4.79 Å². The molecule has 0 aliphatic heterocycles. The molecule has 0 heterocycles. The summed E-state index contributed by atoms with van der Waals surface area (Å²) < 4.78 is 0. The van der Waals surface area contributed by atoms with Gasteiger partial charge in [0.05, 0.1) is 0 Å². The predicted molar refractivity (Wildman–Crippen MR) is 65.0 cm³/mol. The summed E-state index contributed by atoms with van der Waals surface area (Å²) in [5.74, 6) is 0.139. The molecule has 1 amide bonds. The summed E-state index contributed by atoms with van der Waals surface area (Å²) in [5.41, 5.74) is 8.04. The van der Waals surface area contributed by atoms with E-state index in [0.29, 0.717) is 19.5 Å². The van der Waals surface area contributed by atoms with Gasteiger partial charge in [-0.1, -0.05) is 31.3 Å². The number of rotatable bonds is 10. The highest BCUT2D eigenvalue weighted by Gasteiger charge is 1.99. The first-order valence-electron chi connectivity index (χ1n) is 6.08. The molecule has 0 rings (SSSR count). The first kappa shape index (κ1) is 14.8. The van der Waals surface area contributed by atoms with Crippen LogP contribution >= 0.6 is 0 Å². The molecular formula is C11H22N4O. The van der Waals surface area contributed by atoms with Crippen LogP contribution in [0.25, 0.3) is 10.4 Å². The molecule has 0 bridgehead atoms. The lowest BCUT2D eigenvalue weighted by Crippen LogP contribution is -2.24. The lowest BCUT2D eigenvalue weighted by atomic mass is 10.1. The summed E-state index contributed by atoms with van der Waals surface area (Å²) in [6.07, 6.45) is 6.87. The smallest absolute Gasteiger partial charge is 0.219 e. The summed E-state index contributed by atoms with van der Waals surface area (Å²) in [5, 5.41) is 6.29. The number of hydrogen-bond donors (Lipinski definition) is 1. The number of hydrogen-bond acceptors (Lipinski definition) is 2. The molecule has 0 spiro atoms. The van der Waals surface area contributed by atoms with Crippen LogP contribution in [0.15, 0.2) is 5.11 Å². The minimum Gasteiger partial charge on any atom is -0.356 e. The van der Waals surface area contributed by atoms with E-state index >= 15 is 0 Å². The Morgan fingerprint density at radius 3 is 2.75 bits per heavy atom. The Morgan fingerprint density at radius 1 is 1.25 bits per heavy atom. The number of amides is 1. The van der Waals surface area contributed by atoms with Crippen molar-refractivity contribution in [3.8, 4) is 0 Å². The van der Waals surface area contributed by atoms with E-state index < -0.39 is 0 Å². The van der Waals surface area contributed by atoms with Gasteiger partial charge in [-0.3, -0.25) is 4.79 Å². The van der Waals surface area contributed by atoms with Gasteiger partial charge in [-0.2, -0.15) is 0 Å². The van der Waals surface area contributed by atoms with Gasteiger partial charge in [0.2, 0.25) is 5.91 Å². The lowest BCUT2D eigenvalue weighted by Gasteiger charge is -2.03. The van der Waals surface area contributed by atoms with Crippen molar-refractivity contribution in [2.24, 2.45) is 5.11 Å². The maximum Gasteiger partial charge on any atom is 0.219 e. The minimum atomic E-state index is 0.139. The fourth-order valence-electron chi connectivity index (χ4n) is 1.38. The van der Waals surface area contributed by atoms with Crippen LogP contribution in [0.1, 0.15) is 51.9 Å². The van der Waals surface area contributed by atoms with Gasteiger partial charge in [0, 0.05) is 24.4 Å². The van der Waals surface area contributed by atoms with Gasteiger partial charge in [0.15, 0.2) is 0 Å². The normalized spacial score (nSPS) is 9.56. The van der Waals surface area contributed by atoms with Gasteiger partial charge >= 0.3 is 0 Å². The molecule has 92 valence electrons. The Balaban J connectivity index is 3.20. The van der Waals surface area contributed by atoms with Gasteiger partial charge in [-0.05, 0) is 24.8 Å². The monoisotopic (exact) mass is 226 g/mol. The van der Waals surface area contributed by atoms with Crippen molar-refractivity contribution in [1.82, 2.24) is 5.32 Å². The zero-order valence-electron chi connectivity index (χ0n) is 10.1. The molecule has 0 aliphatic carbocycles. The maximum atomic E-state index is 11.3. The van der Waals surface area contributed by atoms with Crippen molar-refractivity contribution < 1.29 is 4.79 Å². The third kappa shape index (κ3) is 10.9. The summed E-state index contributed by atoms with van der Waals surface area (Å²) in [4.78, 5) is 14.0. The zero-order chi connectivity index (χ0) is 12.1. The van der Waals surface area contributed by atoms with Crippen molar-refractivity contribution in [2.75, 3.05) is 13.1 Å². The van der Waals surface area contributed by atoms with E-state index in [2.05, 4.69) is 22.3 Å². The van der Waals surface area contributed by atoms with Crippen LogP contribution in [-0.4, -0.2) is 19.0 Å². The van der Waals surface area contributed by atoms with Crippen molar-refractivity contribution >= 4 is 5.91 Å². The van der Waals surface area contributed by atoms with Crippen LogP contribution in [0.2, 0.25) is 0 Å². The average Bonchev–Trinajstić information content (AvgIpc) is 2.29. The highest BCUT2D eigenvalue weighted by Crippen LogP contribution is 2.01. The Morgan fingerprint density at radius 2 is 2.06 bits per heavy atom. The molecule has 1 N–H and O–H groups in total. The van der Waals surface area contributed by atoms with Gasteiger partial charge in [-0.25, -0.2) is 0 Å². The van der Waals surface area contributed by atoms with Gasteiger partial charge < -0.3 is 5.32 Å². The van der Waals surface area contributed by atoms with Crippen LogP contribution in [0.4, 0.5) is 0 Å². The number of unbranched alkanes of at least 4 members (excludes halogenated alkanes) is 4. The summed E-state index contributed by atoms with van der Waals surface area (Å²) in [6.45, 7) is 3.36. The highest BCUT2D eigenvalue weighted by molar-refractivity contribution is 5.75. The Hall–Kier alpha value is -1.22. The van der Waals surface area contributed by atoms with Crippen LogP contribution in [0, 0.1) is 0 Å². The van der Waals surface area contributed by atoms with E-state index in [1.54, 1.807) is 0 Å². The molecule has 0 fully saturated rings. The second-order valence-corrected chi connectivity index (χ2v) is 3.82. The van der Waals surface area contributed by atoms with Crippen molar-refractivity contribution in [3.05, 3.63) is 10.4 Å². The highest BCUT2D eigenvalue weighted by atomic mass is 16.1. The van der Waals surface area contributed by atoms with Crippen molar-refractivity contribution in [1.29, 1.82) is 0 Å². The second kappa shape index (κ2) is 11.9. The third-order valence-electron chi connectivity index (χ3n) is 2.33. The second-order valence-electron chi connectivity index (χ2n) is 3.82. The molecular weight excluding hydrogens is 204 g/mol. The summed E-state index contributed by atoms with van der Waals surface area (Å²) in [7, 11) is 0. The molecule has 0 aromatic rings. The lowest BCUT2D eigenvalue weighted by molar-refractivity contribution is -0.121. The van der Waals surface area contributed by atoms with Gasteiger partial charge in [0.25, 0.3) is 0 Å². The first-order chi connectivity index (χ1) is 7.81. The summed E-state index contributed by atoms with van der Waals surface area (Å²) >= 11 is 0. The number of nitrogens with zero attached hydrogens (tertiary/aromatic N) is 3. The van der Waals surface area contributed by atoms with Crippen LogP contribution in [-0.2, 0) is 4.79 Å². The summed E-state index contributed by atoms with van der Waals surface area (Å²) in [6, 6.07) is 0. The van der Waals surface area contributed by atoms with Crippen LogP contribution in [0.3, 0.4) is 0 Å². The molecule has 0 atom stereocenters. The number of carbonyl (C=O) groups excluding carboxylic acids is 1. The fourth-order valence-corrected chi connectivity index (χ4v) is 1.38. The Bertz CT molecular complexity index is 224. The van der Waals surface area contributed by atoms with Gasteiger partial charge in [0.1, 0.15) is 0 Å². The number of carbonyl (C=O) groups is 1. The fraction of sp³-hybridized carbons (Fsp3) is 0.909.